The number of anilines is 3. The first kappa shape index (κ1) is 19.5. The molecule has 0 aromatic carbocycles. The van der Waals surface area contributed by atoms with Crippen LogP contribution in [-0.4, -0.2) is 54.5 Å². The van der Waals surface area contributed by atoms with Gasteiger partial charge in [0.05, 0.1) is 23.9 Å². The molecule has 1 fully saturated rings. The number of halogens is 1. The molecule has 0 radical (unpaired) electrons. The highest BCUT2D eigenvalue weighted by molar-refractivity contribution is 5.79. The van der Waals surface area contributed by atoms with E-state index in [2.05, 4.69) is 43.7 Å². The largest absolute Gasteiger partial charge is 0.387 e. The van der Waals surface area contributed by atoms with Crippen LogP contribution in [0.25, 0.3) is 11.0 Å². The Hall–Kier alpha value is -2.81. The summed E-state index contributed by atoms with van der Waals surface area (Å²) in [4.78, 5) is 19.5. The van der Waals surface area contributed by atoms with Crippen LogP contribution in [0.15, 0.2) is 24.5 Å². The maximum Gasteiger partial charge on any atom is 0.227 e. The molecule has 1 saturated heterocycles. The molecule has 29 heavy (non-hydrogen) atoms. The third-order valence-electron chi connectivity index (χ3n) is 5.39. The van der Waals surface area contributed by atoms with E-state index in [0.717, 1.165) is 16.9 Å². The van der Waals surface area contributed by atoms with Crippen LogP contribution in [0.3, 0.4) is 0 Å². The summed E-state index contributed by atoms with van der Waals surface area (Å²) < 4.78 is 16.4. The van der Waals surface area contributed by atoms with Gasteiger partial charge in [-0.1, -0.05) is 0 Å². The quantitative estimate of drug-likeness (QED) is 0.696. The number of pyridine rings is 1. The third-order valence-corrected chi connectivity index (χ3v) is 5.39. The number of imidazole rings is 1. The Morgan fingerprint density at radius 1 is 1.28 bits per heavy atom. The molecule has 2 atom stereocenters. The molecule has 0 spiro atoms. The fraction of sp³-hybridized carbons (Fsp3) is 0.500. The van der Waals surface area contributed by atoms with Gasteiger partial charge in [0.25, 0.3) is 0 Å². The normalized spacial score (nSPS) is 22.4. The van der Waals surface area contributed by atoms with Crippen molar-refractivity contribution in [1.82, 2.24) is 24.5 Å². The minimum atomic E-state index is -1.35. The molecule has 0 saturated carbocycles. The maximum absolute atomic E-state index is 14.2. The van der Waals surface area contributed by atoms with Gasteiger partial charge in [-0.15, -0.1) is 0 Å². The van der Waals surface area contributed by atoms with Gasteiger partial charge < -0.3 is 19.9 Å². The van der Waals surface area contributed by atoms with Crippen LogP contribution in [-0.2, 0) is 0 Å². The highest BCUT2D eigenvalue weighted by Gasteiger charge is 2.38. The maximum atomic E-state index is 14.2. The Morgan fingerprint density at radius 3 is 2.79 bits per heavy atom. The number of aliphatic hydroxyl groups is 1. The number of hydrogen-bond acceptors (Lipinski definition) is 7. The van der Waals surface area contributed by atoms with Gasteiger partial charge >= 0.3 is 0 Å². The molecular weight excluding hydrogens is 373 g/mol. The van der Waals surface area contributed by atoms with Crippen LogP contribution in [0.1, 0.15) is 39.1 Å². The minimum absolute atomic E-state index is 0.0630. The van der Waals surface area contributed by atoms with Crippen molar-refractivity contribution in [2.45, 2.75) is 51.9 Å². The molecule has 1 aliphatic rings. The van der Waals surface area contributed by atoms with E-state index < -0.39 is 11.8 Å². The van der Waals surface area contributed by atoms with E-state index >= 15 is 0 Å². The lowest BCUT2D eigenvalue weighted by Crippen LogP contribution is -2.52. The Kier molecular flexibility index (Phi) is 4.85. The lowest BCUT2D eigenvalue weighted by molar-refractivity contribution is -0.0332. The zero-order valence-corrected chi connectivity index (χ0v) is 17.1. The molecule has 9 heteroatoms. The van der Waals surface area contributed by atoms with Gasteiger partial charge in [0, 0.05) is 24.8 Å². The number of rotatable bonds is 4. The van der Waals surface area contributed by atoms with Gasteiger partial charge in [-0.2, -0.15) is 4.98 Å². The van der Waals surface area contributed by atoms with Crippen LogP contribution in [0.4, 0.5) is 22.0 Å². The molecule has 2 unspecified atom stereocenters. The number of nitrogens with one attached hydrogen (secondary N) is 1. The average molecular weight is 399 g/mol. The van der Waals surface area contributed by atoms with Crippen LogP contribution in [0.5, 0.6) is 0 Å². The number of hydrogen-bond donors (Lipinski definition) is 2. The molecule has 8 nitrogen and oxygen atoms in total. The second-order valence-electron chi connectivity index (χ2n) is 8.07. The van der Waals surface area contributed by atoms with E-state index in [1.165, 1.54) is 6.92 Å². The summed E-state index contributed by atoms with van der Waals surface area (Å²) in [5.74, 6) is 2.59. The molecule has 3 aromatic heterocycles. The molecule has 0 bridgehead atoms. The van der Waals surface area contributed by atoms with Crippen molar-refractivity contribution in [2.75, 3.05) is 23.3 Å². The topological polar surface area (TPSA) is 92.0 Å². The van der Waals surface area contributed by atoms with Gasteiger partial charge in [-0.3, -0.25) is 0 Å². The molecule has 3 aromatic rings. The molecule has 2 N–H and O–H groups in total. The number of fused-ring (bicyclic) bond motifs is 1. The Morgan fingerprint density at radius 2 is 2.07 bits per heavy atom. The van der Waals surface area contributed by atoms with E-state index in [-0.39, 0.29) is 12.6 Å². The van der Waals surface area contributed by atoms with Gasteiger partial charge in [-0.05, 0) is 40.2 Å². The number of piperidine rings is 1. The first-order valence-electron chi connectivity index (χ1n) is 9.80. The zero-order chi connectivity index (χ0) is 20.8. The van der Waals surface area contributed by atoms with Crippen molar-refractivity contribution < 1.29 is 9.50 Å². The first-order valence-corrected chi connectivity index (χ1v) is 9.80. The number of aromatic nitrogens is 5. The van der Waals surface area contributed by atoms with Crippen molar-refractivity contribution in [1.29, 1.82) is 0 Å². The van der Waals surface area contributed by atoms with Crippen molar-refractivity contribution in [3.8, 4) is 0 Å². The highest BCUT2D eigenvalue weighted by Crippen LogP contribution is 2.28. The lowest BCUT2D eigenvalue weighted by atomic mass is 9.92. The predicted molar refractivity (Wildman–Crippen MR) is 110 cm³/mol. The number of alkyl halides is 1. The van der Waals surface area contributed by atoms with Crippen LogP contribution >= 0.6 is 0 Å². The number of aryl methyl sites for hydroxylation is 1. The summed E-state index contributed by atoms with van der Waals surface area (Å²) >= 11 is 0. The van der Waals surface area contributed by atoms with Gasteiger partial charge in [0.2, 0.25) is 5.95 Å². The van der Waals surface area contributed by atoms with E-state index in [4.69, 9.17) is 0 Å². The molecule has 0 aliphatic carbocycles. The van der Waals surface area contributed by atoms with Crippen LogP contribution < -0.4 is 10.2 Å². The van der Waals surface area contributed by atoms with Crippen molar-refractivity contribution in [2.24, 2.45) is 0 Å². The fourth-order valence-electron chi connectivity index (χ4n) is 3.72. The molecule has 4 rings (SSSR count). The summed E-state index contributed by atoms with van der Waals surface area (Å²) in [5, 5.41) is 13.2. The summed E-state index contributed by atoms with van der Waals surface area (Å²) in [5.41, 5.74) is 0.547. The van der Waals surface area contributed by atoms with Gasteiger partial charge in [0.15, 0.2) is 0 Å². The average Bonchev–Trinajstić information content (AvgIpc) is 2.99. The standard InChI is InChI=1S/C20H26FN7O/c1-12(2)28-13(3)24-14-10-23-18(9-15(14)28)25-17-5-7-22-19(26-17)27-8-6-20(4,29)16(21)11-27/h5,7,9-10,12,16,29H,6,8,11H2,1-4H3,(H,22,23,25,26). The second kappa shape index (κ2) is 7.22. The highest BCUT2D eigenvalue weighted by atomic mass is 19.1. The van der Waals surface area contributed by atoms with Crippen molar-refractivity contribution >= 4 is 28.6 Å². The Bertz CT molecular complexity index is 1030. The fourth-order valence-corrected chi connectivity index (χ4v) is 3.72. The summed E-state index contributed by atoms with van der Waals surface area (Å²) in [6.07, 6.45) is 2.35. The summed E-state index contributed by atoms with van der Waals surface area (Å²) in [7, 11) is 0. The Labute approximate surface area is 168 Å². The number of nitrogens with zero attached hydrogens (tertiary/aromatic N) is 6. The van der Waals surface area contributed by atoms with Gasteiger partial charge in [-0.25, -0.2) is 19.3 Å². The minimum Gasteiger partial charge on any atom is -0.387 e. The predicted octanol–water partition coefficient (Wildman–Crippen LogP) is 3.15. The van der Waals surface area contributed by atoms with E-state index in [1.807, 2.05) is 13.0 Å². The van der Waals surface area contributed by atoms with Crippen LogP contribution in [0, 0.1) is 6.92 Å². The van der Waals surface area contributed by atoms with E-state index in [1.54, 1.807) is 23.4 Å². The third kappa shape index (κ3) is 3.74. The van der Waals surface area contributed by atoms with Crippen LogP contribution in [0.2, 0.25) is 0 Å². The molecule has 4 heterocycles. The SMILES string of the molecule is Cc1nc2cnc(Nc3ccnc(N4CCC(C)(O)C(F)C4)n3)cc2n1C(C)C. The van der Waals surface area contributed by atoms with E-state index in [9.17, 15) is 9.50 Å². The van der Waals surface area contributed by atoms with Crippen molar-refractivity contribution in [3.05, 3.63) is 30.4 Å². The Balaban J connectivity index is 1.58. The van der Waals surface area contributed by atoms with Gasteiger partial charge in [0.1, 0.15) is 29.1 Å². The lowest BCUT2D eigenvalue weighted by Gasteiger charge is -2.38. The molecule has 154 valence electrons. The molecule has 0 amide bonds. The monoisotopic (exact) mass is 399 g/mol. The second-order valence-corrected chi connectivity index (χ2v) is 8.07. The molecule has 1 aliphatic heterocycles. The zero-order valence-electron chi connectivity index (χ0n) is 17.1. The van der Waals surface area contributed by atoms with Crippen molar-refractivity contribution in [3.63, 3.8) is 0 Å². The molecular formula is C20H26FN7O. The summed E-state index contributed by atoms with van der Waals surface area (Å²) in [6, 6.07) is 3.98. The smallest absolute Gasteiger partial charge is 0.227 e. The van der Waals surface area contributed by atoms with E-state index in [0.29, 0.717) is 30.5 Å². The summed E-state index contributed by atoms with van der Waals surface area (Å²) in [6.45, 7) is 8.30. The first-order chi connectivity index (χ1) is 13.7.